The smallest absolute Gasteiger partial charge is 0.270 e. The van der Waals surface area contributed by atoms with Crippen molar-refractivity contribution in [1.29, 1.82) is 0 Å². The third-order valence-electron chi connectivity index (χ3n) is 3.05. The minimum atomic E-state index is -0.180. The minimum Gasteiger partial charge on any atom is -0.351 e. The van der Waals surface area contributed by atoms with Crippen molar-refractivity contribution < 1.29 is 4.79 Å². The van der Waals surface area contributed by atoms with Crippen LogP contribution < -0.4 is 10.6 Å². The van der Waals surface area contributed by atoms with Crippen LogP contribution in [0.25, 0.3) is 0 Å². The summed E-state index contributed by atoms with van der Waals surface area (Å²) in [7, 11) is 0. The Labute approximate surface area is 138 Å². The number of hydrogen-bond acceptors (Lipinski definition) is 4. The second-order valence-corrected chi connectivity index (χ2v) is 5.88. The first kappa shape index (κ1) is 16.4. The maximum absolute atomic E-state index is 12.0. The fourth-order valence-electron chi connectivity index (χ4n) is 1.90. The van der Waals surface area contributed by atoms with Crippen molar-refractivity contribution in [3.63, 3.8) is 0 Å². The average molecular weight is 363 g/mol. The Hall–Kier alpha value is -1.95. The van der Waals surface area contributed by atoms with Crippen LogP contribution in [-0.4, -0.2) is 22.4 Å². The van der Waals surface area contributed by atoms with Gasteiger partial charge in [0.25, 0.3) is 5.91 Å². The van der Waals surface area contributed by atoms with Crippen LogP contribution in [0.2, 0.25) is 0 Å². The summed E-state index contributed by atoms with van der Waals surface area (Å²) in [6.07, 6.45) is 0.887. The molecule has 1 heterocycles. The molecule has 0 aliphatic carbocycles. The molecule has 0 aliphatic heterocycles. The zero-order valence-electron chi connectivity index (χ0n) is 12.9. The van der Waals surface area contributed by atoms with E-state index in [9.17, 15) is 4.79 Å². The number of nitrogens with one attached hydrogen (secondary N) is 2. The Kier molecular flexibility index (Phi) is 5.49. The molecule has 0 radical (unpaired) electrons. The lowest BCUT2D eigenvalue weighted by Crippen LogP contribution is -2.25. The van der Waals surface area contributed by atoms with Gasteiger partial charge in [-0.2, -0.15) is 0 Å². The van der Waals surface area contributed by atoms with Crippen LogP contribution in [0.5, 0.6) is 0 Å². The standard InChI is InChI=1S/C16H19BrN4O/c1-4-7-18-16(22)14-9-15(20-11(3)19-14)21-12-6-5-10(2)13(17)8-12/h5-6,8-9H,4,7H2,1-3H3,(H,18,22)(H,19,20,21). The van der Waals surface area contributed by atoms with Crippen molar-refractivity contribution in [1.82, 2.24) is 15.3 Å². The Morgan fingerprint density at radius 1 is 1.23 bits per heavy atom. The highest BCUT2D eigenvalue weighted by Gasteiger charge is 2.10. The summed E-state index contributed by atoms with van der Waals surface area (Å²) in [6, 6.07) is 7.61. The van der Waals surface area contributed by atoms with Gasteiger partial charge in [0.1, 0.15) is 17.3 Å². The van der Waals surface area contributed by atoms with Crippen molar-refractivity contribution in [3.8, 4) is 0 Å². The van der Waals surface area contributed by atoms with Gasteiger partial charge in [0.15, 0.2) is 0 Å². The van der Waals surface area contributed by atoms with Gasteiger partial charge in [0.2, 0.25) is 0 Å². The maximum atomic E-state index is 12.0. The van der Waals surface area contributed by atoms with Gasteiger partial charge in [-0.3, -0.25) is 4.79 Å². The number of benzene rings is 1. The largest absolute Gasteiger partial charge is 0.351 e. The molecule has 0 atom stereocenters. The molecule has 0 saturated heterocycles. The molecular formula is C16H19BrN4O. The van der Waals surface area contributed by atoms with Crippen molar-refractivity contribution in [2.24, 2.45) is 0 Å². The van der Waals surface area contributed by atoms with Gasteiger partial charge in [-0.05, 0) is 38.0 Å². The summed E-state index contributed by atoms with van der Waals surface area (Å²) < 4.78 is 1.02. The quantitative estimate of drug-likeness (QED) is 0.849. The summed E-state index contributed by atoms with van der Waals surface area (Å²) in [5, 5.41) is 6.02. The van der Waals surface area contributed by atoms with Crippen molar-refractivity contribution in [2.45, 2.75) is 27.2 Å². The maximum Gasteiger partial charge on any atom is 0.270 e. The molecule has 0 saturated carbocycles. The molecule has 6 heteroatoms. The number of anilines is 2. The first-order chi connectivity index (χ1) is 10.5. The lowest BCUT2D eigenvalue weighted by atomic mass is 10.2. The highest BCUT2D eigenvalue weighted by molar-refractivity contribution is 9.10. The van der Waals surface area contributed by atoms with Crippen LogP contribution in [0.15, 0.2) is 28.7 Å². The van der Waals surface area contributed by atoms with Gasteiger partial charge in [-0.15, -0.1) is 0 Å². The molecule has 0 fully saturated rings. The van der Waals surface area contributed by atoms with Gasteiger partial charge in [0, 0.05) is 22.8 Å². The van der Waals surface area contributed by atoms with Crippen LogP contribution in [0.3, 0.4) is 0 Å². The summed E-state index contributed by atoms with van der Waals surface area (Å²) in [6.45, 7) is 6.44. The number of hydrogen-bond donors (Lipinski definition) is 2. The highest BCUT2D eigenvalue weighted by atomic mass is 79.9. The SMILES string of the molecule is CCCNC(=O)c1cc(Nc2ccc(C)c(Br)c2)nc(C)n1. The number of rotatable bonds is 5. The Bertz CT molecular complexity index is 688. The van der Waals surface area contributed by atoms with Crippen molar-refractivity contribution in [3.05, 3.63) is 45.8 Å². The molecule has 1 aromatic heterocycles. The summed E-state index contributed by atoms with van der Waals surface area (Å²) in [4.78, 5) is 20.5. The van der Waals surface area contributed by atoms with Crippen LogP contribution in [0, 0.1) is 13.8 Å². The van der Waals surface area contributed by atoms with Crippen LogP contribution in [-0.2, 0) is 0 Å². The third-order valence-corrected chi connectivity index (χ3v) is 3.90. The van der Waals surface area contributed by atoms with E-state index in [-0.39, 0.29) is 5.91 Å². The molecule has 2 aromatic rings. The van der Waals surface area contributed by atoms with Gasteiger partial charge in [-0.25, -0.2) is 9.97 Å². The number of aromatic nitrogens is 2. The van der Waals surface area contributed by atoms with E-state index in [4.69, 9.17) is 0 Å². The summed E-state index contributed by atoms with van der Waals surface area (Å²) in [5.74, 6) is 0.975. The lowest BCUT2D eigenvalue weighted by molar-refractivity contribution is 0.0948. The number of nitrogens with zero attached hydrogens (tertiary/aromatic N) is 2. The number of halogens is 1. The molecule has 2 rings (SSSR count). The first-order valence-corrected chi connectivity index (χ1v) is 7.96. The second-order valence-electron chi connectivity index (χ2n) is 5.03. The number of aryl methyl sites for hydroxylation is 2. The number of carbonyl (C=O) groups excluding carboxylic acids is 1. The summed E-state index contributed by atoms with van der Waals surface area (Å²) in [5.41, 5.74) is 2.43. The Morgan fingerprint density at radius 2 is 2.00 bits per heavy atom. The Morgan fingerprint density at radius 3 is 2.68 bits per heavy atom. The Balaban J connectivity index is 2.22. The molecule has 0 aliphatic rings. The fraction of sp³-hybridized carbons (Fsp3) is 0.312. The normalized spacial score (nSPS) is 10.4. The van der Waals surface area contributed by atoms with E-state index in [1.807, 2.05) is 32.0 Å². The van der Waals surface area contributed by atoms with E-state index in [0.29, 0.717) is 23.9 Å². The lowest BCUT2D eigenvalue weighted by Gasteiger charge is -2.10. The average Bonchev–Trinajstić information content (AvgIpc) is 2.48. The fourth-order valence-corrected chi connectivity index (χ4v) is 2.27. The van der Waals surface area contributed by atoms with Crippen molar-refractivity contribution >= 4 is 33.3 Å². The molecule has 2 N–H and O–H groups in total. The van der Waals surface area contributed by atoms with Crippen LogP contribution in [0.1, 0.15) is 35.2 Å². The van der Waals surface area contributed by atoms with Crippen LogP contribution in [0.4, 0.5) is 11.5 Å². The monoisotopic (exact) mass is 362 g/mol. The zero-order chi connectivity index (χ0) is 16.1. The predicted octanol–water partition coefficient (Wildman–Crippen LogP) is 3.74. The van der Waals surface area contributed by atoms with Crippen LogP contribution >= 0.6 is 15.9 Å². The molecule has 22 heavy (non-hydrogen) atoms. The van der Waals surface area contributed by atoms with Crippen molar-refractivity contribution in [2.75, 3.05) is 11.9 Å². The molecule has 1 amide bonds. The van der Waals surface area contributed by atoms with Gasteiger partial charge >= 0.3 is 0 Å². The van der Waals surface area contributed by atoms with Gasteiger partial charge < -0.3 is 10.6 Å². The van der Waals surface area contributed by atoms with Gasteiger partial charge in [0.05, 0.1) is 0 Å². The van der Waals surface area contributed by atoms with E-state index in [1.165, 1.54) is 0 Å². The summed E-state index contributed by atoms with van der Waals surface area (Å²) >= 11 is 3.50. The molecule has 1 aromatic carbocycles. The van der Waals surface area contributed by atoms with E-state index in [1.54, 1.807) is 13.0 Å². The minimum absolute atomic E-state index is 0.180. The molecule has 0 bridgehead atoms. The predicted molar refractivity (Wildman–Crippen MR) is 91.6 cm³/mol. The van der Waals surface area contributed by atoms with E-state index >= 15 is 0 Å². The highest BCUT2D eigenvalue weighted by Crippen LogP contribution is 2.23. The number of carbonyl (C=O) groups is 1. The first-order valence-electron chi connectivity index (χ1n) is 7.16. The van der Waals surface area contributed by atoms with Gasteiger partial charge in [-0.1, -0.05) is 28.9 Å². The van der Waals surface area contributed by atoms with E-state index in [2.05, 4.69) is 36.5 Å². The van der Waals surface area contributed by atoms with E-state index in [0.717, 1.165) is 22.1 Å². The molecule has 0 unspecified atom stereocenters. The molecule has 5 nitrogen and oxygen atoms in total. The van der Waals surface area contributed by atoms with E-state index < -0.39 is 0 Å². The molecule has 0 spiro atoms. The second kappa shape index (κ2) is 7.35. The number of amides is 1. The molecule has 116 valence electrons. The molecular weight excluding hydrogens is 344 g/mol. The zero-order valence-corrected chi connectivity index (χ0v) is 14.5. The topological polar surface area (TPSA) is 66.9 Å². The third kappa shape index (κ3) is 4.27.